The molecule has 2 rings (SSSR count). The van der Waals surface area contributed by atoms with Gasteiger partial charge in [0.15, 0.2) is 0 Å². The van der Waals surface area contributed by atoms with Crippen LogP contribution in [-0.2, 0) is 14.3 Å². The molecule has 0 spiro atoms. The molecular weight excluding hydrogens is 518 g/mol. The van der Waals surface area contributed by atoms with E-state index in [0.29, 0.717) is 22.7 Å². The molecule has 0 aliphatic heterocycles. The molecule has 9 heteroatoms. The molecule has 0 aliphatic rings. The zero-order chi connectivity index (χ0) is 29.3. The van der Waals surface area contributed by atoms with Crippen LogP contribution in [0.3, 0.4) is 0 Å². The molecule has 0 aromatic heterocycles. The predicted molar refractivity (Wildman–Crippen MR) is 155 cm³/mol. The first-order valence-electron chi connectivity index (χ1n) is 13.4. The molecular formula is C30H42ClN3O5. The van der Waals surface area contributed by atoms with Crippen LogP contribution in [0.25, 0.3) is 0 Å². The number of phenols is 1. The van der Waals surface area contributed by atoms with E-state index >= 15 is 0 Å². The van der Waals surface area contributed by atoms with Gasteiger partial charge in [-0.25, -0.2) is 4.79 Å². The number of nitrogens with zero attached hydrogens (tertiary/aromatic N) is 1. The van der Waals surface area contributed by atoms with Crippen molar-refractivity contribution in [3.8, 4) is 5.75 Å². The lowest BCUT2D eigenvalue weighted by atomic mass is 9.98. The fourth-order valence-electron chi connectivity index (χ4n) is 4.17. The summed E-state index contributed by atoms with van der Waals surface area (Å²) in [5.74, 6) is -1.24. The minimum absolute atomic E-state index is 0.0347. The smallest absolute Gasteiger partial charge is 0.408 e. The number of ether oxygens (including phenoxy) is 1. The van der Waals surface area contributed by atoms with Crippen LogP contribution in [-0.4, -0.2) is 46.1 Å². The van der Waals surface area contributed by atoms with Crippen LogP contribution >= 0.6 is 11.6 Å². The van der Waals surface area contributed by atoms with Gasteiger partial charge >= 0.3 is 6.09 Å². The molecule has 39 heavy (non-hydrogen) atoms. The first-order valence-corrected chi connectivity index (χ1v) is 13.8. The lowest BCUT2D eigenvalue weighted by Crippen LogP contribution is -2.54. The summed E-state index contributed by atoms with van der Waals surface area (Å²) < 4.78 is 5.41. The Kier molecular flexibility index (Phi) is 11.6. The summed E-state index contributed by atoms with van der Waals surface area (Å²) in [7, 11) is 0. The van der Waals surface area contributed by atoms with Crippen LogP contribution in [0, 0.1) is 12.8 Å². The third kappa shape index (κ3) is 9.46. The second-order valence-electron chi connectivity index (χ2n) is 11.0. The molecule has 2 aromatic rings. The van der Waals surface area contributed by atoms with Crippen molar-refractivity contribution >= 4 is 35.2 Å². The van der Waals surface area contributed by atoms with E-state index in [0.717, 1.165) is 18.4 Å². The van der Waals surface area contributed by atoms with Crippen LogP contribution in [0.1, 0.15) is 78.0 Å². The number of para-hydroxylation sites is 1. The topological polar surface area (TPSA) is 108 Å². The first-order chi connectivity index (χ1) is 18.2. The van der Waals surface area contributed by atoms with Gasteiger partial charge in [0.2, 0.25) is 5.91 Å². The van der Waals surface area contributed by atoms with Crippen LogP contribution in [0.2, 0.25) is 5.02 Å². The van der Waals surface area contributed by atoms with E-state index in [4.69, 9.17) is 16.3 Å². The van der Waals surface area contributed by atoms with Crippen LogP contribution in [0.5, 0.6) is 5.75 Å². The molecule has 214 valence electrons. The molecule has 2 aromatic carbocycles. The monoisotopic (exact) mass is 559 g/mol. The SMILES string of the molecule is CCCCCN(C(=O)C(NC(=O)OC(C)(C)C)C(C)C)C(C(=O)Nc1c(C)cccc1Cl)c1cccc(O)c1. The second-order valence-corrected chi connectivity index (χ2v) is 11.4. The molecule has 0 radical (unpaired) electrons. The number of phenolic OH excluding ortho intramolecular Hbond substituents is 1. The number of aromatic hydroxyl groups is 1. The van der Waals surface area contributed by atoms with Crippen molar-refractivity contribution in [2.75, 3.05) is 11.9 Å². The van der Waals surface area contributed by atoms with E-state index < -0.39 is 35.6 Å². The van der Waals surface area contributed by atoms with Crippen molar-refractivity contribution in [1.29, 1.82) is 0 Å². The summed E-state index contributed by atoms with van der Waals surface area (Å²) in [5.41, 5.74) is 0.900. The Bertz CT molecular complexity index is 1130. The Morgan fingerprint density at radius 1 is 1.08 bits per heavy atom. The maximum atomic E-state index is 14.2. The fraction of sp³-hybridized carbons (Fsp3) is 0.500. The predicted octanol–water partition coefficient (Wildman–Crippen LogP) is 6.60. The van der Waals surface area contributed by atoms with Crippen molar-refractivity contribution in [3.63, 3.8) is 0 Å². The van der Waals surface area contributed by atoms with Gasteiger partial charge in [-0.1, -0.05) is 69.5 Å². The third-order valence-electron chi connectivity index (χ3n) is 6.11. The molecule has 2 unspecified atom stereocenters. The van der Waals surface area contributed by atoms with Gasteiger partial charge in [-0.05, 0) is 69.4 Å². The molecule has 3 amide bonds. The number of benzene rings is 2. The first kappa shape index (κ1) is 32.0. The van der Waals surface area contributed by atoms with Gasteiger partial charge in [-0.3, -0.25) is 9.59 Å². The largest absolute Gasteiger partial charge is 0.508 e. The molecule has 0 saturated heterocycles. The number of hydrogen-bond donors (Lipinski definition) is 3. The summed E-state index contributed by atoms with van der Waals surface area (Å²) in [6.07, 6.45) is 1.68. The van der Waals surface area contributed by atoms with Crippen molar-refractivity contribution in [1.82, 2.24) is 10.2 Å². The van der Waals surface area contributed by atoms with Gasteiger partial charge in [0.25, 0.3) is 5.91 Å². The summed E-state index contributed by atoms with van der Waals surface area (Å²) in [4.78, 5) is 42.3. The van der Waals surface area contributed by atoms with Crippen LogP contribution in [0.4, 0.5) is 10.5 Å². The molecule has 8 nitrogen and oxygen atoms in total. The van der Waals surface area contributed by atoms with E-state index in [1.165, 1.54) is 17.0 Å². The minimum atomic E-state index is -1.10. The zero-order valence-electron chi connectivity index (χ0n) is 24.0. The van der Waals surface area contributed by atoms with Crippen molar-refractivity contribution < 1.29 is 24.2 Å². The molecule has 0 aliphatic carbocycles. The van der Waals surface area contributed by atoms with Crippen molar-refractivity contribution in [2.24, 2.45) is 5.92 Å². The summed E-state index contributed by atoms with van der Waals surface area (Å²) in [6, 6.07) is 9.53. The van der Waals surface area contributed by atoms with E-state index in [-0.39, 0.29) is 18.2 Å². The number of anilines is 1. The van der Waals surface area contributed by atoms with Gasteiger partial charge in [0, 0.05) is 6.54 Å². The highest BCUT2D eigenvalue weighted by Gasteiger charge is 2.37. The summed E-state index contributed by atoms with van der Waals surface area (Å²) in [5, 5.41) is 16.2. The number of rotatable bonds is 11. The Morgan fingerprint density at radius 2 is 1.74 bits per heavy atom. The Morgan fingerprint density at radius 3 is 2.31 bits per heavy atom. The average Bonchev–Trinajstić information content (AvgIpc) is 2.82. The van der Waals surface area contributed by atoms with Gasteiger partial charge in [0.05, 0.1) is 10.7 Å². The molecule has 0 fully saturated rings. The summed E-state index contributed by atoms with van der Waals surface area (Å²) >= 11 is 6.40. The highest BCUT2D eigenvalue weighted by atomic mass is 35.5. The number of carbonyl (C=O) groups is 3. The van der Waals surface area contributed by atoms with Crippen LogP contribution in [0.15, 0.2) is 42.5 Å². The maximum Gasteiger partial charge on any atom is 0.408 e. The van der Waals surface area contributed by atoms with Gasteiger partial charge in [-0.2, -0.15) is 0 Å². The zero-order valence-corrected chi connectivity index (χ0v) is 24.8. The molecule has 2 atom stereocenters. The number of carbonyl (C=O) groups excluding carboxylic acids is 3. The van der Waals surface area contributed by atoms with Crippen LogP contribution < -0.4 is 10.6 Å². The average molecular weight is 560 g/mol. The lowest BCUT2D eigenvalue weighted by Gasteiger charge is -2.36. The third-order valence-corrected chi connectivity index (χ3v) is 6.42. The van der Waals surface area contributed by atoms with E-state index in [2.05, 4.69) is 10.6 Å². The number of nitrogens with one attached hydrogen (secondary N) is 2. The number of hydrogen-bond acceptors (Lipinski definition) is 5. The van der Waals surface area contributed by atoms with Gasteiger partial charge < -0.3 is 25.4 Å². The van der Waals surface area contributed by atoms with Crippen molar-refractivity contribution in [3.05, 3.63) is 58.6 Å². The molecule has 3 N–H and O–H groups in total. The Labute approximate surface area is 237 Å². The molecule has 0 bridgehead atoms. The standard InChI is InChI=1S/C30H42ClN3O5/c1-8-9-10-17-34(28(37)24(19(2)3)33-29(38)39-30(5,6)7)26(21-14-12-15-22(35)18-21)27(36)32-25-20(4)13-11-16-23(25)31/h11-16,18-19,24,26,35H,8-10,17H2,1-7H3,(H,32,36)(H,33,38). The molecule has 0 heterocycles. The Hall–Kier alpha value is -3.26. The van der Waals surface area contributed by atoms with Crippen molar-refractivity contribution in [2.45, 2.75) is 85.4 Å². The van der Waals surface area contributed by atoms with E-state index in [1.54, 1.807) is 45.0 Å². The second kappa shape index (κ2) is 14.2. The number of unbranched alkanes of at least 4 members (excludes halogenated alkanes) is 2. The molecule has 0 saturated carbocycles. The van der Waals surface area contributed by atoms with E-state index in [9.17, 15) is 19.5 Å². The number of amides is 3. The number of aryl methyl sites for hydroxylation is 1. The normalized spacial score (nSPS) is 12.9. The highest BCUT2D eigenvalue weighted by molar-refractivity contribution is 6.34. The fourth-order valence-corrected chi connectivity index (χ4v) is 4.44. The van der Waals surface area contributed by atoms with E-state index in [1.807, 2.05) is 33.8 Å². The maximum absolute atomic E-state index is 14.2. The summed E-state index contributed by atoms with van der Waals surface area (Å²) in [6.45, 7) is 13.0. The number of alkyl carbamates (subject to hydrolysis) is 1. The highest BCUT2D eigenvalue weighted by Crippen LogP contribution is 2.31. The Balaban J connectivity index is 2.57. The lowest BCUT2D eigenvalue weighted by molar-refractivity contribution is -0.141. The van der Waals surface area contributed by atoms with Gasteiger partial charge in [-0.15, -0.1) is 0 Å². The quantitative estimate of drug-likeness (QED) is 0.269. The minimum Gasteiger partial charge on any atom is -0.508 e. The van der Waals surface area contributed by atoms with Gasteiger partial charge in [0.1, 0.15) is 23.4 Å². The number of halogens is 1.